The third-order valence-corrected chi connectivity index (χ3v) is 29.0. The van der Waals surface area contributed by atoms with E-state index in [2.05, 4.69) is 162 Å². The summed E-state index contributed by atoms with van der Waals surface area (Å²) in [5.74, 6) is 16.0. The Morgan fingerprint density at radius 3 is 1.42 bits per heavy atom. The second-order valence-corrected chi connectivity index (χ2v) is 32.9. The van der Waals surface area contributed by atoms with Crippen LogP contribution in [0.25, 0.3) is 38.8 Å². The molecule has 10 saturated carbocycles. The van der Waals surface area contributed by atoms with Gasteiger partial charge in [-0.1, -0.05) is 182 Å². The van der Waals surface area contributed by atoms with E-state index in [9.17, 15) is 0 Å². The molecule has 4 heterocycles. The van der Waals surface area contributed by atoms with Crippen molar-refractivity contribution in [3.8, 4) is 16.9 Å². The maximum atomic E-state index is 5.86. The number of benzene rings is 3. The molecule has 0 spiro atoms. The number of hydrogen-bond donors (Lipinski definition) is 0. The summed E-state index contributed by atoms with van der Waals surface area (Å²) in [5.41, 5.74) is 15.3. The zero-order chi connectivity index (χ0) is 56.8. The number of pyridine rings is 3. The predicted molar refractivity (Wildman–Crippen MR) is 350 cm³/mol. The Balaban J connectivity index is 0.752. The molecule has 5 heteroatoms. The molecule has 11 aliphatic rings. The van der Waals surface area contributed by atoms with Gasteiger partial charge in [0.25, 0.3) is 0 Å². The van der Waals surface area contributed by atoms with Gasteiger partial charge in [-0.2, -0.15) is 0 Å². The summed E-state index contributed by atoms with van der Waals surface area (Å²) in [4.78, 5) is 17.3. The number of rotatable bonds is 6. The van der Waals surface area contributed by atoms with Crippen molar-refractivity contribution in [2.24, 2.45) is 106 Å². The van der Waals surface area contributed by atoms with Crippen molar-refractivity contribution in [3.63, 3.8) is 0 Å². The third-order valence-electron chi connectivity index (χ3n) is 29.0. The molecule has 4 nitrogen and oxygen atoms in total. The monoisotopic (exact) mass is 1120 g/mol. The molecule has 0 bridgehead atoms. The molecule has 11 aliphatic carbocycles. The Morgan fingerprint density at radius 2 is 0.882 bits per heavy atom. The Morgan fingerprint density at radius 1 is 0.400 bits per heavy atom. The van der Waals surface area contributed by atoms with E-state index >= 15 is 0 Å². The SMILES string of the molecule is CC1(C)c2ccccc2-c2ccc3c4ccccc4n(-c4ccc(B(c5ccc(C6C7CCCCC7C7CCC8C9CCCCC9C(C)(C)C8C76)nc5)c5ccc(C6C7CCCCC7C7CCC8C9CCCCC9C(C)(C)C8C76)nc5)cn4)c3c21. The Bertz CT molecular complexity index is 3590. The smallest absolute Gasteiger partial charge is 0.247 e. The molecule has 10 fully saturated rings. The lowest BCUT2D eigenvalue weighted by Gasteiger charge is -2.47. The highest BCUT2D eigenvalue weighted by Gasteiger charge is 2.67. The van der Waals surface area contributed by atoms with E-state index in [4.69, 9.17) is 15.0 Å². The molecule has 18 atom stereocenters. The van der Waals surface area contributed by atoms with Gasteiger partial charge in [0.1, 0.15) is 5.82 Å². The van der Waals surface area contributed by atoms with Gasteiger partial charge in [0, 0.05) is 58.0 Å². The molecule has 0 N–H and O–H groups in total. The highest BCUT2D eigenvalue weighted by Crippen LogP contribution is 2.74. The van der Waals surface area contributed by atoms with Crippen LogP contribution < -0.4 is 16.4 Å². The summed E-state index contributed by atoms with van der Waals surface area (Å²) >= 11 is 0. The van der Waals surface area contributed by atoms with Crippen molar-refractivity contribution in [1.82, 2.24) is 19.5 Å². The van der Waals surface area contributed by atoms with Gasteiger partial charge in [-0.15, -0.1) is 0 Å². The third kappa shape index (κ3) is 7.49. The minimum Gasteiger partial charge on any atom is -0.293 e. The highest BCUT2D eigenvalue weighted by molar-refractivity contribution is 6.95. The minimum atomic E-state index is -0.162. The Kier molecular flexibility index (Phi) is 12.2. The standard InChI is InChI=1S/C80H95BN4/c1-78(2)63-27-15-11-21-51(63)59-36-34-57-49-19-7-9-25-55(49)70(72(57)74(59)78)66-40-31-46(43-82-66)81(47-32-41-67(83-44-47)71-56-26-10-8-20-50(56)58-35-37-60-52-22-12-16-28-64(52)79(3,4)75(60)73(58)71)48-33-42-69(84-45-48)85-68-30-18-14-24-54(68)62-39-38-61-53-23-13-17-29-65(53)80(5,6)76(61)77(62)85/h13-14,17-18,23-24,29-33,38-45,49-52,55-60,63-64,70-75H,7-12,15-16,19-22,25-28,34-37H2,1-6H3. The second-order valence-electron chi connectivity index (χ2n) is 32.9. The van der Waals surface area contributed by atoms with Crippen molar-refractivity contribution < 1.29 is 0 Å². The number of para-hydroxylation sites is 1. The predicted octanol–water partition coefficient (Wildman–Crippen LogP) is 17.8. The van der Waals surface area contributed by atoms with Crippen LogP contribution in [0.5, 0.6) is 0 Å². The van der Waals surface area contributed by atoms with Crippen LogP contribution >= 0.6 is 0 Å². The topological polar surface area (TPSA) is 43.6 Å². The molecule has 3 aromatic carbocycles. The van der Waals surface area contributed by atoms with Gasteiger partial charge in [0.15, 0.2) is 0 Å². The molecule has 85 heavy (non-hydrogen) atoms. The van der Waals surface area contributed by atoms with Gasteiger partial charge >= 0.3 is 0 Å². The number of aromatic nitrogens is 4. The van der Waals surface area contributed by atoms with Gasteiger partial charge in [-0.05, 0) is 229 Å². The molecule has 0 aliphatic heterocycles. The van der Waals surface area contributed by atoms with E-state index in [1.54, 1.807) is 0 Å². The average molecular weight is 1120 g/mol. The van der Waals surface area contributed by atoms with Crippen molar-refractivity contribution in [2.45, 2.75) is 187 Å². The molecule has 4 aromatic heterocycles. The first-order valence-electron chi connectivity index (χ1n) is 35.5. The second kappa shape index (κ2) is 19.5. The minimum absolute atomic E-state index is 0.0371. The van der Waals surface area contributed by atoms with E-state index < -0.39 is 0 Å². The van der Waals surface area contributed by atoms with Crippen molar-refractivity contribution in [1.29, 1.82) is 0 Å². The van der Waals surface area contributed by atoms with E-state index in [-0.39, 0.29) is 12.1 Å². The van der Waals surface area contributed by atoms with Crippen LogP contribution in [0.1, 0.15) is 204 Å². The summed E-state index contributed by atoms with van der Waals surface area (Å²) < 4.78 is 2.50. The van der Waals surface area contributed by atoms with Crippen LogP contribution in [0.4, 0.5) is 0 Å². The first-order valence-corrected chi connectivity index (χ1v) is 35.5. The van der Waals surface area contributed by atoms with Crippen LogP contribution in [0.15, 0.2) is 116 Å². The number of nitrogens with zero attached hydrogens (tertiary/aromatic N) is 4. The van der Waals surface area contributed by atoms with Crippen molar-refractivity contribution in [3.05, 3.63) is 138 Å². The maximum Gasteiger partial charge on any atom is 0.247 e. The first kappa shape index (κ1) is 53.0. The van der Waals surface area contributed by atoms with Crippen molar-refractivity contribution >= 4 is 44.9 Å². The molecule has 7 aromatic rings. The fraction of sp³-hybridized carbons (Fsp3) is 0.588. The summed E-state index contributed by atoms with van der Waals surface area (Å²) in [6.45, 7) is 15.8. The number of fused-ring (bicyclic) bond motifs is 21. The van der Waals surface area contributed by atoms with E-state index in [0.29, 0.717) is 22.7 Å². The lowest BCUT2D eigenvalue weighted by Crippen LogP contribution is -2.52. The fourth-order valence-electron chi connectivity index (χ4n) is 26.5. The molecular weight excluding hydrogens is 1030 g/mol. The summed E-state index contributed by atoms with van der Waals surface area (Å²) in [7, 11) is 0. The molecule has 0 radical (unpaired) electrons. The Labute approximate surface area is 509 Å². The van der Waals surface area contributed by atoms with Gasteiger partial charge in [-0.3, -0.25) is 14.5 Å². The molecule has 0 saturated heterocycles. The normalized spacial score (nSPS) is 37.6. The maximum absolute atomic E-state index is 5.86. The summed E-state index contributed by atoms with van der Waals surface area (Å²) in [6, 6.07) is 37.9. The van der Waals surface area contributed by atoms with E-state index in [0.717, 1.165) is 101 Å². The van der Waals surface area contributed by atoms with Crippen LogP contribution in [-0.4, -0.2) is 26.2 Å². The fourth-order valence-corrected chi connectivity index (χ4v) is 26.5. The van der Waals surface area contributed by atoms with Gasteiger partial charge < -0.3 is 0 Å². The van der Waals surface area contributed by atoms with Crippen LogP contribution in [0, 0.1) is 106 Å². The first-order chi connectivity index (χ1) is 41.5. The summed E-state index contributed by atoms with van der Waals surface area (Å²) in [5, 5.41) is 2.58. The molecular formula is C80H95BN4. The van der Waals surface area contributed by atoms with Crippen LogP contribution in [-0.2, 0) is 5.41 Å². The molecule has 438 valence electrons. The molecule has 18 rings (SSSR count). The lowest BCUT2D eigenvalue weighted by atomic mass is 9.37. The van der Waals surface area contributed by atoms with Gasteiger partial charge in [0.05, 0.1) is 11.0 Å². The quantitative estimate of drug-likeness (QED) is 0.156. The lowest BCUT2D eigenvalue weighted by molar-refractivity contribution is 0.0275. The highest BCUT2D eigenvalue weighted by atomic mass is 15.1. The van der Waals surface area contributed by atoms with Gasteiger partial charge in [0.2, 0.25) is 6.71 Å². The van der Waals surface area contributed by atoms with Crippen LogP contribution in [0.2, 0.25) is 0 Å². The largest absolute Gasteiger partial charge is 0.293 e. The Hall–Kier alpha value is -5.03. The summed E-state index contributed by atoms with van der Waals surface area (Å²) in [6.07, 6.45) is 36.0. The van der Waals surface area contributed by atoms with Crippen LogP contribution in [0.3, 0.4) is 0 Å². The van der Waals surface area contributed by atoms with Gasteiger partial charge in [-0.25, -0.2) is 4.98 Å². The van der Waals surface area contributed by atoms with E-state index in [1.165, 1.54) is 200 Å². The zero-order valence-corrected chi connectivity index (χ0v) is 52.4. The van der Waals surface area contributed by atoms with E-state index in [1.807, 2.05) is 0 Å². The van der Waals surface area contributed by atoms with Crippen molar-refractivity contribution in [2.75, 3.05) is 0 Å². The average Bonchev–Trinajstić information content (AvgIpc) is 1.63. The molecule has 18 unspecified atom stereocenters. The zero-order valence-electron chi connectivity index (χ0n) is 52.4. The number of hydrogen-bond acceptors (Lipinski definition) is 3. The molecule has 0 amide bonds.